The fourth-order valence-electron chi connectivity index (χ4n) is 2.26. The van der Waals surface area contributed by atoms with Gasteiger partial charge in [-0.3, -0.25) is 9.59 Å². The molecule has 6 nitrogen and oxygen atoms in total. The summed E-state index contributed by atoms with van der Waals surface area (Å²) in [5, 5.41) is 2.84. The highest BCUT2D eigenvalue weighted by Crippen LogP contribution is 2.16. The van der Waals surface area contributed by atoms with Crippen molar-refractivity contribution >= 4 is 11.8 Å². The Morgan fingerprint density at radius 1 is 1.42 bits per heavy atom. The van der Waals surface area contributed by atoms with E-state index < -0.39 is 0 Å². The molecule has 110 valence electrons. The van der Waals surface area contributed by atoms with Gasteiger partial charge in [-0.05, 0) is 26.2 Å². The lowest BCUT2D eigenvalue weighted by Crippen LogP contribution is -2.50. The third kappa shape index (κ3) is 5.57. The Bertz CT molecular complexity index is 297. The molecule has 1 rings (SSSR count). The first-order chi connectivity index (χ1) is 9.19. The number of amides is 2. The lowest BCUT2D eigenvalue weighted by atomic mass is 10.0. The fourth-order valence-corrected chi connectivity index (χ4v) is 2.26. The number of rotatable bonds is 7. The number of likely N-dealkylation sites (tertiary alicyclic amines) is 1. The van der Waals surface area contributed by atoms with Crippen LogP contribution in [0.25, 0.3) is 0 Å². The monoisotopic (exact) mass is 271 g/mol. The van der Waals surface area contributed by atoms with E-state index in [0.29, 0.717) is 26.1 Å². The lowest BCUT2D eigenvalue weighted by molar-refractivity contribution is -0.140. The summed E-state index contributed by atoms with van der Waals surface area (Å²) in [6, 6.07) is 0.0865. The van der Waals surface area contributed by atoms with Crippen molar-refractivity contribution in [2.24, 2.45) is 5.73 Å². The molecule has 0 spiro atoms. The van der Waals surface area contributed by atoms with Gasteiger partial charge in [0.05, 0.1) is 0 Å². The van der Waals surface area contributed by atoms with Crippen LogP contribution in [0, 0.1) is 0 Å². The second-order valence-corrected chi connectivity index (χ2v) is 4.72. The summed E-state index contributed by atoms with van der Waals surface area (Å²) in [6.07, 6.45) is 3.38. The molecule has 2 amide bonds. The van der Waals surface area contributed by atoms with Crippen LogP contribution in [0.3, 0.4) is 0 Å². The van der Waals surface area contributed by atoms with E-state index in [1.165, 1.54) is 0 Å². The van der Waals surface area contributed by atoms with Crippen molar-refractivity contribution in [2.75, 3.05) is 32.8 Å². The van der Waals surface area contributed by atoms with Crippen LogP contribution in [0.4, 0.5) is 0 Å². The Balaban J connectivity index is 2.43. The molecule has 1 fully saturated rings. The molecule has 0 aromatic heterocycles. The lowest BCUT2D eigenvalue weighted by Gasteiger charge is -2.35. The van der Waals surface area contributed by atoms with Crippen LogP contribution in [-0.2, 0) is 14.3 Å². The van der Waals surface area contributed by atoms with E-state index in [1.807, 2.05) is 11.8 Å². The van der Waals surface area contributed by atoms with Gasteiger partial charge < -0.3 is 20.7 Å². The number of hydrogen-bond donors (Lipinski definition) is 2. The maximum atomic E-state index is 12.0. The van der Waals surface area contributed by atoms with Gasteiger partial charge in [0.15, 0.2) is 0 Å². The van der Waals surface area contributed by atoms with Crippen molar-refractivity contribution in [3.63, 3.8) is 0 Å². The molecular weight excluding hydrogens is 246 g/mol. The highest BCUT2D eigenvalue weighted by Gasteiger charge is 2.26. The number of piperidine rings is 1. The van der Waals surface area contributed by atoms with Gasteiger partial charge in [0.25, 0.3) is 0 Å². The minimum absolute atomic E-state index is 0.0135. The van der Waals surface area contributed by atoms with Crippen molar-refractivity contribution in [2.45, 2.75) is 38.6 Å². The Kier molecular flexibility index (Phi) is 7.43. The van der Waals surface area contributed by atoms with Gasteiger partial charge in [-0.2, -0.15) is 0 Å². The standard InChI is InChI=1S/C13H25N3O3/c1-2-19-10-13(18)16-8-4-3-5-11(16)9-15-12(17)6-7-14/h11H,2-10,14H2,1H3,(H,15,17). The number of carbonyl (C=O) groups is 2. The van der Waals surface area contributed by atoms with E-state index in [4.69, 9.17) is 10.5 Å². The highest BCUT2D eigenvalue weighted by atomic mass is 16.5. The average molecular weight is 271 g/mol. The van der Waals surface area contributed by atoms with E-state index in [-0.39, 0.29) is 24.5 Å². The molecule has 1 aliphatic heterocycles. The van der Waals surface area contributed by atoms with Crippen LogP contribution >= 0.6 is 0 Å². The van der Waals surface area contributed by atoms with Crippen LogP contribution in [0.1, 0.15) is 32.6 Å². The second-order valence-electron chi connectivity index (χ2n) is 4.72. The zero-order valence-electron chi connectivity index (χ0n) is 11.7. The van der Waals surface area contributed by atoms with E-state index in [1.54, 1.807) is 0 Å². The van der Waals surface area contributed by atoms with Crippen LogP contribution in [0.15, 0.2) is 0 Å². The van der Waals surface area contributed by atoms with Gasteiger partial charge in [-0.1, -0.05) is 0 Å². The minimum Gasteiger partial charge on any atom is -0.372 e. The maximum absolute atomic E-state index is 12.0. The van der Waals surface area contributed by atoms with Crippen molar-refractivity contribution in [1.29, 1.82) is 0 Å². The molecule has 0 bridgehead atoms. The van der Waals surface area contributed by atoms with Gasteiger partial charge in [0, 0.05) is 38.7 Å². The predicted octanol–water partition coefficient (Wildman–Crippen LogP) is -0.131. The Hall–Kier alpha value is -1.14. The summed E-state index contributed by atoms with van der Waals surface area (Å²) >= 11 is 0. The van der Waals surface area contributed by atoms with Crippen LogP contribution in [0.2, 0.25) is 0 Å². The molecule has 19 heavy (non-hydrogen) atoms. The third-order valence-electron chi connectivity index (χ3n) is 3.28. The SMILES string of the molecule is CCOCC(=O)N1CCCCC1CNC(=O)CCN. The normalized spacial score (nSPS) is 19.3. The first kappa shape index (κ1) is 15.9. The summed E-state index contributed by atoms with van der Waals surface area (Å²) in [4.78, 5) is 25.3. The highest BCUT2D eigenvalue weighted by molar-refractivity contribution is 5.78. The van der Waals surface area contributed by atoms with E-state index in [9.17, 15) is 9.59 Å². The largest absolute Gasteiger partial charge is 0.372 e. The van der Waals surface area contributed by atoms with Crippen molar-refractivity contribution < 1.29 is 14.3 Å². The molecule has 1 unspecified atom stereocenters. The zero-order valence-corrected chi connectivity index (χ0v) is 11.7. The summed E-state index contributed by atoms with van der Waals surface area (Å²) in [7, 11) is 0. The fraction of sp³-hybridized carbons (Fsp3) is 0.846. The predicted molar refractivity (Wildman–Crippen MR) is 72.5 cm³/mol. The van der Waals surface area contributed by atoms with E-state index >= 15 is 0 Å². The van der Waals surface area contributed by atoms with Crippen LogP contribution in [-0.4, -0.2) is 55.6 Å². The van der Waals surface area contributed by atoms with Gasteiger partial charge >= 0.3 is 0 Å². The Morgan fingerprint density at radius 3 is 2.89 bits per heavy atom. The summed E-state index contributed by atoms with van der Waals surface area (Å²) in [5.41, 5.74) is 5.33. The molecule has 0 aromatic rings. The molecular formula is C13H25N3O3. The molecule has 0 radical (unpaired) electrons. The number of carbonyl (C=O) groups excluding carboxylic acids is 2. The maximum Gasteiger partial charge on any atom is 0.248 e. The van der Waals surface area contributed by atoms with Gasteiger partial charge in [0.1, 0.15) is 6.61 Å². The third-order valence-corrected chi connectivity index (χ3v) is 3.28. The topological polar surface area (TPSA) is 84.7 Å². The average Bonchev–Trinajstić information content (AvgIpc) is 2.43. The second kappa shape index (κ2) is 8.87. The van der Waals surface area contributed by atoms with Crippen molar-refractivity contribution in [3.8, 4) is 0 Å². The number of nitrogens with zero attached hydrogens (tertiary/aromatic N) is 1. The van der Waals surface area contributed by atoms with E-state index in [0.717, 1.165) is 25.8 Å². The summed E-state index contributed by atoms with van der Waals surface area (Å²) in [5.74, 6) is -0.0371. The van der Waals surface area contributed by atoms with E-state index in [2.05, 4.69) is 5.32 Å². The van der Waals surface area contributed by atoms with Crippen LogP contribution in [0.5, 0.6) is 0 Å². The molecule has 1 heterocycles. The Morgan fingerprint density at radius 2 is 2.21 bits per heavy atom. The molecule has 0 saturated carbocycles. The number of nitrogens with two attached hydrogens (primary N) is 1. The quantitative estimate of drug-likeness (QED) is 0.675. The summed E-state index contributed by atoms with van der Waals surface area (Å²) < 4.78 is 5.17. The number of hydrogen-bond acceptors (Lipinski definition) is 4. The first-order valence-corrected chi connectivity index (χ1v) is 7.03. The summed E-state index contributed by atoms with van der Waals surface area (Å²) in [6.45, 7) is 4.15. The zero-order chi connectivity index (χ0) is 14.1. The molecule has 1 saturated heterocycles. The van der Waals surface area contributed by atoms with Crippen molar-refractivity contribution in [3.05, 3.63) is 0 Å². The number of ether oxygens (including phenoxy) is 1. The molecule has 6 heteroatoms. The first-order valence-electron chi connectivity index (χ1n) is 7.03. The Labute approximate surface area is 114 Å². The van der Waals surface area contributed by atoms with Gasteiger partial charge in [-0.25, -0.2) is 0 Å². The molecule has 1 atom stereocenters. The molecule has 0 aliphatic carbocycles. The number of nitrogens with one attached hydrogen (secondary N) is 1. The molecule has 0 aromatic carbocycles. The van der Waals surface area contributed by atoms with Gasteiger partial charge in [0.2, 0.25) is 11.8 Å². The van der Waals surface area contributed by atoms with Gasteiger partial charge in [-0.15, -0.1) is 0 Å². The minimum atomic E-state index is -0.0507. The smallest absolute Gasteiger partial charge is 0.248 e. The molecule has 3 N–H and O–H groups in total. The molecule has 1 aliphatic rings. The van der Waals surface area contributed by atoms with Crippen LogP contribution < -0.4 is 11.1 Å². The van der Waals surface area contributed by atoms with Crippen molar-refractivity contribution in [1.82, 2.24) is 10.2 Å².